The van der Waals surface area contributed by atoms with Gasteiger partial charge in [-0.25, -0.2) is 0 Å². The SMILES string of the molecule is CC(C)OCc1ccc2c(c1)CNC2.COCc1ccc2c(c1)CNC2.Cl.Cl. The van der Waals surface area contributed by atoms with Gasteiger partial charge in [0.05, 0.1) is 19.3 Å². The second-order valence-corrected chi connectivity index (χ2v) is 7.21. The average molecular weight is 427 g/mol. The maximum atomic E-state index is 5.57. The lowest BCUT2D eigenvalue weighted by Crippen LogP contribution is -2.02. The topological polar surface area (TPSA) is 42.5 Å². The van der Waals surface area contributed by atoms with Crippen molar-refractivity contribution >= 4 is 24.8 Å². The Bertz CT molecular complexity index is 738. The number of rotatable bonds is 5. The third kappa shape index (κ3) is 7.03. The molecule has 0 aliphatic carbocycles. The fraction of sp³-hybridized carbons (Fsp3) is 0.455. The molecule has 2 aliphatic heterocycles. The fourth-order valence-electron chi connectivity index (χ4n) is 3.31. The second-order valence-electron chi connectivity index (χ2n) is 7.21. The van der Waals surface area contributed by atoms with Crippen LogP contribution in [0.5, 0.6) is 0 Å². The Morgan fingerprint density at radius 1 is 0.750 bits per heavy atom. The monoisotopic (exact) mass is 426 g/mol. The number of halogens is 2. The molecule has 0 aromatic heterocycles. The summed E-state index contributed by atoms with van der Waals surface area (Å²) in [6.07, 6.45) is 0.307. The number of hydrogen-bond acceptors (Lipinski definition) is 4. The van der Waals surface area contributed by atoms with Crippen molar-refractivity contribution < 1.29 is 9.47 Å². The van der Waals surface area contributed by atoms with Crippen LogP contribution in [0.1, 0.15) is 47.2 Å². The lowest BCUT2D eigenvalue weighted by atomic mass is 10.1. The van der Waals surface area contributed by atoms with Crippen LogP contribution in [0, 0.1) is 0 Å². The lowest BCUT2D eigenvalue weighted by molar-refractivity contribution is 0.0657. The van der Waals surface area contributed by atoms with Gasteiger partial charge < -0.3 is 20.1 Å². The van der Waals surface area contributed by atoms with Gasteiger partial charge in [0.15, 0.2) is 0 Å². The van der Waals surface area contributed by atoms with E-state index < -0.39 is 0 Å². The summed E-state index contributed by atoms with van der Waals surface area (Å²) in [5.41, 5.74) is 8.24. The standard InChI is InChI=1S/C12H17NO.C10H13NO.2ClH/c1-9(2)14-8-10-3-4-11-6-13-7-12(11)5-10;1-12-7-8-2-3-9-5-11-6-10(9)4-8;;/h3-5,9,13H,6-8H2,1-2H3;2-4,11H,5-7H2,1H3;2*1H. The van der Waals surface area contributed by atoms with E-state index in [1.807, 2.05) is 0 Å². The van der Waals surface area contributed by atoms with E-state index in [-0.39, 0.29) is 24.8 Å². The molecule has 28 heavy (non-hydrogen) atoms. The van der Waals surface area contributed by atoms with E-state index in [2.05, 4.69) is 60.9 Å². The summed E-state index contributed by atoms with van der Waals surface area (Å²) in [4.78, 5) is 0. The molecule has 0 saturated heterocycles. The van der Waals surface area contributed by atoms with Crippen molar-refractivity contribution in [2.45, 2.75) is 59.3 Å². The van der Waals surface area contributed by atoms with Gasteiger partial charge in [0.2, 0.25) is 0 Å². The van der Waals surface area contributed by atoms with Crippen LogP contribution in [0.15, 0.2) is 36.4 Å². The molecule has 0 bridgehead atoms. The van der Waals surface area contributed by atoms with Crippen LogP contribution in [0.2, 0.25) is 0 Å². The maximum Gasteiger partial charge on any atom is 0.0720 e. The Hall–Kier alpha value is -1.14. The molecule has 0 saturated carbocycles. The van der Waals surface area contributed by atoms with Crippen molar-refractivity contribution in [2.24, 2.45) is 0 Å². The lowest BCUT2D eigenvalue weighted by Gasteiger charge is -2.08. The molecule has 156 valence electrons. The average Bonchev–Trinajstić information content (AvgIpc) is 3.29. The third-order valence-electron chi connectivity index (χ3n) is 4.70. The zero-order valence-electron chi connectivity index (χ0n) is 16.9. The Kier molecular flexibility index (Phi) is 11.1. The molecule has 0 spiro atoms. The highest BCUT2D eigenvalue weighted by atomic mass is 35.5. The van der Waals surface area contributed by atoms with Crippen molar-refractivity contribution in [1.82, 2.24) is 10.6 Å². The van der Waals surface area contributed by atoms with Crippen LogP contribution in [-0.4, -0.2) is 13.2 Å². The fourth-order valence-corrected chi connectivity index (χ4v) is 3.31. The Morgan fingerprint density at radius 3 is 1.68 bits per heavy atom. The van der Waals surface area contributed by atoms with Crippen LogP contribution in [-0.2, 0) is 48.9 Å². The van der Waals surface area contributed by atoms with Gasteiger partial charge in [-0.1, -0.05) is 36.4 Å². The normalized spacial score (nSPS) is 13.7. The third-order valence-corrected chi connectivity index (χ3v) is 4.70. The van der Waals surface area contributed by atoms with Crippen LogP contribution in [0.3, 0.4) is 0 Å². The number of hydrogen-bond donors (Lipinski definition) is 2. The molecule has 4 rings (SSSR count). The largest absolute Gasteiger partial charge is 0.380 e. The van der Waals surface area contributed by atoms with Crippen molar-refractivity contribution in [2.75, 3.05) is 7.11 Å². The van der Waals surface area contributed by atoms with E-state index in [4.69, 9.17) is 9.47 Å². The molecule has 0 unspecified atom stereocenters. The molecule has 2 aromatic rings. The molecule has 6 heteroatoms. The Labute approximate surface area is 181 Å². The van der Waals surface area contributed by atoms with E-state index in [9.17, 15) is 0 Å². The smallest absolute Gasteiger partial charge is 0.0720 e. The van der Waals surface area contributed by atoms with E-state index in [0.717, 1.165) is 32.8 Å². The summed E-state index contributed by atoms with van der Waals surface area (Å²) >= 11 is 0. The minimum absolute atomic E-state index is 0. The molecular formula is C22H32Cl2N2O2. The highest BCUT2D eigenvalue weighted by molar-refractivity contribution is 5.85. The van der Waals surface area contributed by atoms with Gasteiger partial charge in [0.1, 0.15) is 0 Å². The van der Waals surface area contributed by atoms with Crippen LogP contribution in [0.25, 0.3) is 0 Å². The van der Waals surface area contributed by atoms with Gasteiger partial charge >= 0.3 is 0 Å². The first kappa shape index (κ1) is 24.9. The first-order chi connectivity index (χ1) is 12.7. The summed E-state index contributed by atoms with van der Waals surface area (Å²) < 4.78 is 10.6. The molecule has 4 nitrogen and oxygen atoms in total. The summed E-state index contributed by atoms with van der Waals surface area (Å²) in [6.45, 7) is 9.61. The zero-order valence-corrected chi connectivity index (χ0v) is 18.6. The van der Waals surface area contributed by atoms with Crippen LogP contribution < -0.4 is 10.6 Å². The van der Waals surface area contributed by atoms with Crippen molar-refractivity contribution in [1.29, 1.82) is 0 Å². The number of methoxy groups -OCH3 is 1. The summed E-state index contributed by atoms with van der Waals surface area (Å²) in [5, 5.41) is 6.66. The van der Waals surface area contributed by atoms with Crippen LogP contribution >= 0.6 is 24.8 Å². The number of ether oxygens (including phenoxy) is 2. The molecule has 0 amide bonds. The molecule has 0 atom stereocenters. The molecule has 2 heterocycles. The van der Waals surface area contributed by atoms with Gasteiger partial charge in [0, 0.05) is 33.3 Å². The summed E-state index contributed by atoms with van der Waals surface area (Å²) in [7, 11) is 1.73. The van der Waals surface area contributed by atoms with E-state index in [1.54, 1.807) is 7.11 Å². The molecule has 2 aliphatic rings. The van der Waals surface area contributed by atoms with Crippen LogP contribution in [0.4, 0.5) is 0 Å². The highest BCUT2D eigenvalue weighted by Gasteiger charge is 2.10. The van der Waals surface area contributed by atoms with E-state index in [0.29, 0.717) is 12.7 Å². The first-order valence-corrected chi connectivity index (χ1v) is 9.39. The van der Waals surface area contributed by atoms with Gasteiger partial charge in [-0.05, 0) is 47.2 Å². The van der Waals surface area contributed by atoms with Crippen molar-refractivity contribution in [3.8, 4) is 0 Å². The number of nitrogens with one attached hydrogen (secondary N) is 2. The molecule has 0 fully saturated rings. The predicted octanol–water partition coefficient (Wildman–Crippen LogP) is 4.49. The van der Waals surface area contributed by atoms with Gasteiger partial charge in [0.25, 0.3) is 0 Å². The van der Waals surface area contributed by atoms with Crippen molar-refractivity contribution in [3.05, 3.63) is 69.8 Å². The predicted molar refractivity (Wildman–Crippen MR) is 119 cm³/mol. The number of benzene rings is 2. The molecular weight excluding hydrogens is 395 g/mol. The molecule has 0 radical (unpaired) electrons. The summed E-state index contributed by atoms with van der Waals surface area (Å²) in [6, 6.07) is 13.2. The quantitative estimate of drug-likeness (QED) is 0.738. The Balaban J connectivity index is 0.000000264. The van der Waals surface area contributed by atoms with E-state index >= 15 is 0 Å². The minimum Gasteiger partial charge on any atom is -0.380 e. The van der Waals surface area contributed by atoms with Gasteiger partial charge in [-0.3, -0.25) is 0 Å². The van der Waals surface area contributed by atoms with Crippen molar-refractivity contribution in [3.63, 3.8) is 0 Å². The summed E-state index contributed by atoms with van der Waals surface area (Å²) in [5.74, 6) is 0. The minimum atomic E-state index is 0. The maximum absolute atomic E-state index is 5.57. The van der Waals surface area contributed by atoms with Gasteiger partial charge in [-0.2, -0.15) is 0 Å². The Morgan fingerprint density at radius 2 is 1.21 bits per heavy atom. The second kappa shape index (κ2) is 12.4. The van der Waals surface area contributed by atoms with Gasteiger partial charge in [-0.15, -0.1) is 24.8 Å². The zero-order chi connectivity index (χ0) is 18.4. The number of fused-ring (bicyclic) bond motifs is 2. The molecule has 2 aromatic carbocycles. The molecule has 2 N–H and O–H groups in total. The highest BCUT2D eigenvalue weighted by Crippen LogP contribution is 2.18. The first-order valence-electron chi connectivity index (χ1n) is 9.39. The van der Waals surface area contributed by atoms with E-state index in [1.165, 1.54) is 33.4 Å².